The normalized spacial score (nSPS) is 14.9. The molecular formula is C18H25IN4. The van der Waals surface area contributed by atoms with Crippen LogP contribution in [-0.2, 0) is 6.42 Å². The molecule has 0 bridgehead atoms. The summed E-state index contributed by atoms with van der Waals surface area (Å²) >= 11 is 0. The zero-order chi connectivity index (χ0) is 15.2. The van der Waals surface area contributed by atoms with Crippen molar-refractivity contribution in [2.24, 2.45) is 10.9 Å². The van der Waals surface area contributed by atoms with E-state index < -0.39 is 0 Å². The van der Waals surface area contributed by atoms with E-state index in [1.807, 2.05) is 19.2 Å². The fourth-order valence-corrected chi connectivity index (χ4v) is 2.71. The van der Waals surface area contributed by atoms with Gasteiger partial charge in [-0.2, -0.15) is 0 Å². The Balaban J connectivity index is 0.00000192. The predicted octanol–water partition coefficient (Wildman–Crippen LogP) is 3.36. The van der Waals surface area contributed by atoms with Crippen LogP contribution >= 0.6 is 24.0 Å². The summed E-state index contributed by atoms with van der Waals surface area (Å²) in [5, 5.41) is 7.97. The second-order valence-electron chi connectivity index (χ2n) is 5.92. The molecule has 0 saturated heterocycles. The Morgan fingerprint density at radius 2 is 2.00 bits per heavy atom. The quantitative estimate of drug-likeness (QED) is 0.440. The van der Waals surface area contributed by atoms with E-state index in [1.54, 1.807) is 0 Å². The topological polar surface area (TPSA) is 49.3 Å². The molecule has 0 radical (unpaired) electrons. The van der Waals surface area contributed by atoms with Crippen LogP contribution in [0.4, 0.5) is 0 Å². The number of pyridine rings is 1. The Morgan fingerprint density at radius 3 is 2.74 bits per heavy atom. The lowest BCUT2D eigenvalue weighted by Gasteiger charge is -2.26. The highest BCUT2D eigenvalue weighted by molar-refractivity contribution is 14.0. The fraction of sp³-hybridized carbons (Fsp3) is 0.444. The first kappa shape index (κ1) is 18.0. The van der Waals surface area contributed by atoms with Crippen LogP contribution in [0.3, 0.4) is 0 Å². The van der Waals surface area contributed by atoms with Gasteiger partial charge in [-0.3, -0.25) is 9.98 Å². The molecule has 1 heterocycles. The lowest BCUT2D eigenvalue weighted by Crippen LogP contribution is -2.41. The number of fused-ring (bicyclic) bond motifs is 1. The molecule has 1 aromatic carbocycles. The second-order valence-corrected chi connectivity index (χ2v) is 5.92. The molecule has 3 rings (SSSR count). The van der Waals surface area contributed by atoms with E-state index in [-0.39, 0.29) is 24.0 Å². The van der Waals surface area contributed by atoms with Gasteiger partial charge in [-0.25, -0.2) is 0 Å². The highest BCUT2D eigenvalue weighted by atomic mass is 127. The summed E-state index contributed by atoms with van der Waals surface area (Å²) in [7, 11) is 1.82. The largest absolute Gasteiger partial charge is 0.356 e. The average Bonchev–Trinajstić information content (AvgIpc) is 2.51. The molecule has 0 amide bonds. The number of halogens is 1. The first-order valence-electron chi connectivity index (χ1n) is 8.14. The lowest BCUT2D eigenvalue weighted by atomic mass is 9.85. The van der Waals surface area contributed by atoms with E-state index >= 15 is 0 Å². The number of rotatable bonds is 5. The lowest BCUT2D eigenvalue weighted by molar-refractivity contribution is 0.314. The Kier molecular flexibility index (Phi) is 7.08. The summed E-state index contributed by atoms with van der Waals surface area (Å²) in [4.78, 5) is 8.97. The Morgan fingerprint density at radius 1 is 1.17 bits per heavy atom. The van der Waals surface area contributed by atoms with Gasteiger partial charge in [0.2, 0.25) is 0 Å². The van der Waals surface area contributed by atoms with Crippen molar-refractivity contribution in [1.29, 1.82) is 0 Å². The molecule has 2 N–H and O–H groups in total. The van der Waals surface area contributed by atoms with Crippen molar-refractivity contribution in [3.05, 3.63) is 42.1 Å². The molecule has 1 aliphatic carbocycles. The Labute approximate surface area is 155 Å². The third-order valence-electron chi connectivity index (χ3n) is 4.34. The van der Waals surface area contributed by atoms with Gasteiger partial charge in [0.15, 0.2) is 5.96 Å². The van der Waals surface area contributed by atoms with Crippen LogP contribution in [0.5, 0.6) is 0 Å². The van der Waals surface area contributed by atoms with E-state index in [0.29, 0.717) is 0 Å². The van der Waals surface area contributed by atoms with Gasteiger partial charge in [-0.1, -0.05) is 30.7 Å². The number of nitrogens with one attached hydrogen (secondary N) is 2. The second kappa shape index (κ2) is 9.05. The summed E-state index contributed by atoms with van der Waals surface area (Å²) in [6.07, 6.45) is 4.98. The number of guanidine groups is 1. The molecule has 23 heavy (non-hydrogen) atoms. The molecule has 0 unspecified atom stereocenters. The van der Waals surface area contributed by atoms with E-state index in [0.717, 1.165) is 42.6 Å². The standard InChI is InChI=1S/C18H24N4.HI/c1-19-18(21-13-14-5-4-6-14)20-12-11-16-10-9-15-7-2-3-8-17(15)22-16;/h2-3,7-10,14H,4-6,11-13H2,1H3,(H2,19,20,21);1H. The van der Waals surface area contributed by atoms with Gasteiger partial charge in [0, 0.05) is 37.6 Å². The molecular weight excluding hydrogens is 399 g/mol. The van der Waals surface area contributed by atoms with Crippen molar-refractivity contribution in [3.8, 4) is 0 Å². The van der Waals surface area contributed by atoms with Crippen molar-refractivity contribution >= 4 is 40.8 Å². The van der Waals surface area contributed by atoms with Crippen LogP contribution in [0.15, 0.2) is 41.4 Å². The number of aliphatic imine (C=N–C) groups is 1. The van der Waals surface area contributed by atoms with Crippen molar-refractivity contribution < 1.29 is 0 Å². The summed E-state index contributed by atoms with van der Waals surface area (Å²) in [6.45, 7) is 1.88. The molecule has 2 aromatic rings. The number of hydrogen-bond donors (Lipinski definition) is 2. The molecule has 124 valence electrons. The number of hydrogen-bond acceptors (Lipinski definition) is 2. The fourth-order valence-electron chi connectivity index (χ4n) is 2.71. The highest BCUT2D eigenvalue weighted by Gasteiger charge is 2.17. The smallest absolute Gasteiger partial charge is 0.190 e. The molecule has 1 fully saturated rings. The predicted molar refractivity (Wildman–Crippen MR) is 108 cm³/mol. The molecule has 0 atom stereocenters. The van der Waals surface area contributed by atoms with Crippen LogP contribution in [-0.4, -0.2) is 31.1 Å². The highest BCUT2D eigenvalue weighted by Crippen LogP contribution is 2.24. The summed E-state index contributed by atoms with van der Waals surface area (Å²) in [5.41, 5.74) is 2.17. The average molecular weight is 424 g/mol. The van der Waals surface area contributed by atoms with Gasteiger partial charge >= 0.3 is 0 Å². The molecule has 0 aliphatic heterocycles. The molecule has 1 aliphatic rings. The zero-order valence-electron chi connectivity index (χ0n) is 13.6. The molecule has 5 heteroatoms. The van der Waals surface area contributed by atoms with Gasteiger partial charge in [-0.15, -0.1) is 24.0 Å². The first-order chi connectivity index (χ1) is 10.8. The summed E-state index contributed by atoms with van der Waals surface area (Å²) in [5.74, 6) is 1.73. The van der Waals surface area contributed by atoms with Crippen LogP contribution < -0.4 is 10.6 Å². The number of benzene rings is 1. The first-order valence-corrected chi connectivity index (χ1v) is 8.14. The van der Waals surface area contributed by atoms with Crippen LogP contribution in [0.1, 0.15) is 25.0 Å². The van der Waals surface area contributed by atoms with Gasteiger partial charge in [-0.05, 0) is 30.9 Å². The number of aromatic nitrogens is 1. The van der Waals surface area contributed by atoms with Crippen molar-refractivity contribution in [3.63, 3.8) is 0 Å². The van der Waals surface area contributed by atoms with E-state index in [4.69, 9.17) is 4.98 Å². The van der Waals surface area contributed by atoms with Crippen molar-refractivity contribution in [2.45, 2.75) is 25.7 Å². The zero-order valence-corrected chi connectivity index (χ0v) is 15.9. The van der Waals surface area contributed by atoms with E-state index in [1.165, 1.54) is 24.6 Å². The summed E-state index contributed by atoms with van der Waals surface area (Å²) < 4.78 is 0. The third-order valence-corrected chi connectivity index (χ3v) is 4.34. The molecule has 0 spiro atoms. The van der Waals surface area contributed by atoms with Gasteiger partial charge < -0.3 is 10.6 Å². The third kappa shape index (κ3) is 5.06. The van der Waals surface area contributed by atoms with E-state index in [9.17, 15) is 0 Å². The number of nitrogens with zero attached hydrogens (tertiary/aromatic N) is 2. The van der Waals surface area contributed by atoms with Crippen LogP contribution in [0.25, 0.3) is 10.9 Å². The molecule has 4 nitrogen and oxygen atoms in total. The Hall–Kier alpha value is -1.37. The molecule has 1 aromatic heterocycles. The summed E-state index contributed by atoms with van der Waals surface area (Å²) in [6, 6.07) is 12.5. The maximum Gasteiger partial charge on any atom is 0.190 e. The van der Waals surface area contributed by atoms with Gasteiger partial charge in [0.25, 0.3) is 0 Å². The van der Waals surface area contributed by atoms with Crippen molar-refractivity contribution in [2.75, 3.05) is 20.1 Å². The maximum atomic E-state index is 4.69. The monoisotopic (exact) mass is 424 g/mol. The minimum Gasteiger partial charge on any atom is -0.356 e. The van der Waals surface area contributed by atoms with Gasteiger partial charge in [0.1, 0.15) is 0 Å². The minimum absolute atomic E-state index is 0. The van der Waals surface area contributed by atoms with Gasteiger partial charge in [0.05, 0.1) is 5.52 Å². The maximum absolute atomic E-state index is 4.69. The van der Waals surface area contributed by atoms with Crippen LogP contribution in [0, 0.1) is 5.92 Å². The minimum atomic E-state index is 0. The van der Waals surface area contributed by atoms with Crippen molar-refractivity contribution in [1.82, 2.24) is 15.6 Å². The van der Waals surface area contributed by atoms with Crippen LogP contribution in [0.2, 0.25) is 0 Å². The SMILES string of the molecule is CN=C(NCCc1ccc2ccccc2n1)NCC1CCC1.I. The molecule has 1 saturated carbocycles. The number of para-hydroxylation sites is 1. The Bertz CT molecular complexity index is 652. The van der Waals surface area contributed by atoms with E-state index in [2.05, 4.69) is 39.9 Å².